The summed E-state index contributed by atoms with van der Waals surface area (Å²) in [6, 6.07) is 9.26. The Morgan fingerprint density at radius 1 is 1.23 bits per heavy atom. The average molecular weight is 356 g/mol. The summed E-state index contributed by atoms with van der Waals surface area (Å²) in [5.41, 5.74) is 1.88. The summed E-state index contributed by atoms with van der Waals surface area (Å²) >= 11 is 0. The topological polar surface area (TPSA) is 95.4 Å². The van der Waals surface area contributed by atoms with Gasteiger partial charge < -0.3 is 15.3 Å². The number of nitrogens with zero attached hydrogens (tertiary/aromatic N) is 3. The van der Waals surface area contributed by atoms with Gasteiger partial charge in [-0.05, 0) is 18.4 Å². The van der Waals surface area contributed by atoms with E-state index in [1.807, 2.05) is 30.3 Å². The molecule has 2 N–H and O–H groups in total. The summed E-state index contributed by atoms with van der Waals surface area (Å²) in [5, 5.41) is 11.9. The summed E-state index contributed by atoms with van der Waals surface area (Å²) in [6.07, 6.45) is 6.51. The maximum absolute atomic E-state index is 12.4. The molecule has 7 nitrogen and oxygen atoms in total. The van der Waals surface area contributed by atoms with Crippen LogP contribution in [0.4, 0.5) is 4.79 Å². The fraction of sp³-hybridized carbons (Fsp3) is 0.368. The molecule has 2 amide bonds. The van der Waals surface area contributed by atoms with E-state index in [4.69, 9.17) is 5.11 Å². The molecule has 0 aliphatic heterocycles. The summed E-state index contributed by atoms with van der Waals surface area (Å²) in [4.78, 5) is 33.1. The Hall–Kier alpha value is -2.96. The highest BCUT2D eigenvalue weighted by molar-refractivity contribution is 5.74. The molecule has 0 saturated carbocycles. The van der Waals surface area contributed by atoms with Crippen molar-refractivity contribution in [2.24, 2.45) is 0 Å². The Bertz CT molecular complexity index is 694. The Kier molecular flexibility index (Phi) is 7.54. The number of likely N-dealkylation sites (N-methyl/N-ethyl adjacent to an activating group) is 1. The average Bonchev–Trinajstić information content (AvgIpc) is 2.65. The minimum atomic E-state index is -0.867. The van der Waals surface area contributed by atoms with Crippen LogP contribution in [0.5, 0.6) is 0 Å². The molecule has 0 saturated heterocycles. The highest BCUT2D eigenvalue weighted by Crippen LogP contribution is 2.08. The van der Waals surface area contributed by atoms with Crippen LogP contribution in [0, 0.1) is 0 Å². The van der Waals surface area contributed by atoms with Crippen LogP contribution in [0.2, 0.25) is 0 Å². The smallest absolute Gasteiger partial charge is 0.317 e. The van der Waals surface area contributed by atoms with Crippen molar-refractivity contribution >= 4 is 12.0 Å². The maximum Gasteiger partial charge on any atom is 0.317 e. The number of carboxylic acids is 1. The van der Waals surface area contributed by atoms with Gasteiger partial charge in [0.15, 0.2) is 0 Å². The van der Waals surface area contributed by atoms with Crippen LogP contribution in [0.3, 0.4) is 0 Å². The minimum Gasteiger partial charge on any atom is -0.481 e. The number of benzene rings is 1. The van der Waals surface area contributed by atoms with Crippen LogP contribution in [0.1, 0.15) is 24.1 Å². The lowest BCUT2D eigenvalue weighted by molar-refractivity contribution is -0.137. The quantitative estimate of drug-likeness (QED) is 0.718. The highest BCUT2D eigenvalue weighted by Gasteiger charge is 2.17. The zero-order chi connectivity index (χ0) is 18.8. The van der Waals surface area contributed by atoms with Crippen molar-refractivity contribution in [3.05, 3.63) is 60.2 Å². The molecule has 0 radical (unpaired) electrons. The Morgan fingerprint density at radius 2 is 2.00 bits per heavy atom. The van der Waals surface area contributed by atoms with Crippen molar-refractivity contribution in [1.29, 1.82) is 0 Å². The van der Waals surface area contributed by atoms with Crippen LogP contribution >= 0.6 is 0 Å². The number of nitrogens with one attached hydrogen (secondary N) is 1. The SMILES string of the molecule is CN(CCc1cnccn1)C(=O)NC(CCC(=O)O)Cc1ccccc1. The van der Waals surface area contributed by atoms with Crippen molar-refractivity contribution in [2.75, 3.05) is 13.6 Å². The van der Waals surface area contributed by atoms with Crippen LogP contribution in [0.15, 0.2) is 48.9 Å². The van der Waals surface area contributed by atoms with Gasteiger partial charge in [0.2, 0.25) is 0 Å². The minimum absolute atomic E-state index is 0.0150. The number of aliphatic carboxylic acids is 1. The first-order valence-corrected chi connectivity index (χ1v) is 8.57. The predicted molar refractivity (Wildman–Crippen MR) is 97.7 cm³/mol. The second-order valence-electron chi connectivity index (χ2n) is 6.14. The zero-order valence-electron chi connectivity index (χ0n) is 14.8. The van der Waals surface area contributed by atoms with Crippen LogP contribution in [-0.2, 0) is 17.6 Å². The molecular formula is C19H24N4O3. The zero-order valence-corrected chi connectivity index (χ0v) is 14.8. The molecular weight excluding hydrogens is 332 g/mol. The third kappa shape index (κ3) is 6.88. The van der Waals surface area contributed by atoms with Crippen LogP contribution in [0.25, 0.3) is 0 Å². The lowest BCUT2D eigenvalue weighted by atomic mass is 10.0. The molecule has 26 heavy (non-hydrogen) atoms. The van der Waals surface area contributed by atoms with Gasteiger partial charge in [0.1, 0.15) is 0 Å². The molecule has 2 rings (SSSR count). The summed E-state index contributed by atoms with van der Waals surface area (Å²) in [7, 11) is 1.71. The first-order valence-electron chi connectivity index (χ1n) is 8.57. The van der Waals surface area contributed by atoms with Gasteiger partial charge >= 0.3 is 12.0 Å². The third-order valence-corrected chi connectivity index (χ3v) is 4.03. The van der Waals surface area contributed by atoms with Gasteiger partial charge in [-0.25, -0.2) is 4.79 Å². The third-order valence-electron chi connectivity index (χ3n) is 4.03. The van der Waals surface area contributed by atoms with Gasteiger partial charge in [-0.15, -0.1) is 0 Å². The second kappa shape index (κ2) is 10.1. The van der Waals surface area contributed by atoms with Crippen LogP contribution in [-0.4, -0.2) is 51.6 Å². The van der Waals surface area contributed by atoms with Crippen molar-refractivity contribution < 1.29 is 14.7 Å². The van der Waals surface area contributed by atoms with E-state index in [1.165, 1.54) is 0 Å². The largest absolute Gasteiger partial charge is 0.481 e. The van der Waals surface area contributed by atoms with E-state index in [-0.39, 0.29) is 18.5 Å². The summed E-state index contributed by atoms with van der Waals surface area (Å²) in [6.45, 7) is 0.502. The first kappa shape index (κ1) is 19.4. The number of urea groups is 1. The highest BCUT2D eigenvalue weighted by atomic mass is 16.4. The van der Waals surface area contributed by atoms with Gasteiger partial charge in [0.05, 0.1) is 5.69 Å². The molecule has 1 heterocycles. The number of amides is 2. The Balaban J connectivity index is 1.89. The lowest BCUT2D eigenvalue weighted by Gasteiger charge is -2.23. The standard InChI is InChI=1S/C19H24N4O3/c1-23(12-9-17-14-20-10-11-21-17)19(26)22-16(7-8-18(24)25)13-15-5-3-2-4-6-15/h2-6,10-11,14,16H,7-9,12-13H2,1H3,(H,22,26)(H,24,25). The monoisotopic (exact) mass is 356 g/mol. The molecule has 1 aromatic carbocycles. The lowest BCUT2D eigenvalue weighted by Crippen LogP contribution is -2.44. The molecule has 0 aliphatic rings. The van der Waals surface area contributed by atoms with Gasteiger partial charge in [-0.1, -0.05) is 30.3 Å². The Labute approximate surface area is 153 Å². The molecule has 0 aliphatic carbocycles. The number of carbonyl (C=O) groups is 2. The van der Waals surface area contributed by atoms with Crippen molar-refractivity contribution in [2.45, 2.75) is 31.7 Å². The van der Waals surface area contributed by atoms with E-state index in [0.717, 1.165) is 11.3 Å². The molecule has 0 spiro atoms. The van der Waals surface area contributed by atoms with Gasteiger partial charge in [0.25, 0.3) is 0 Å². The predicted octanol–water partition coefficient (Wildman–Crippen LogP) is 2.14. The Morgan fingerprint density at radius 3 is 2.65 bits per heavy atom. The van der Waals surface area contributed by atoms with Gasteiger partial charge in [-0.2, -0.15) is 0 Å². The van der Waals surface area contributed by atoms with Crippen LogP contribution < -0.4 is 5.32 Å². The molecule has 1 unspecified atom stereocenters. The molecule has 0 fully saturated rings. The number of aromatic nitrogens is 2. The van der Waals surface area contributed by atoms with Crippen molar-refractivity contribution in [3.63, 3.8) is 0 Å². The number of hydrogen-bond donors (Lipinski definition) is 2. The summed E-state index contributed by atoms with van der Waals surface area (Å²) < 4.78 is 0. The van der Waals surface area contributed by atoms with Crippen molar-refractivity contribution in [3.8, 4) is 0 Å². The van der Waals surface area contributed by atoms with E-state index in [2.05, 4.69) is 15.3 Å². The maximum atomic E-state index is 12.4. The van der Waals surface area contributed by atoms with E-state index < -0.39 is 5.97 Å². The number of hydrogen-bond acceptors (Lipinski definition) is 4. The van der Waals surface area contributed by atoms with E-state index in [9.17, 15) is 9.59 Å². The summed E-state index contributed by atoms with van der Waals surface area (Å²) in [5.74, 6) is -0.867. The number of carbonyl (C=O) groups excluding carboxylic acids is 1. The molecule has 138 valence electrons. The van der Waals surface area contributed by atoms with E-state index in [0.29, 0.717) is 25.8 Å². The fourth-order valence-electron chi connectivity index (χ4n) is 2.55. The molecule has 1 atom stereocenters. The number of rotatable bonds is 9. The van der Waals surface area contributed by atoms with E-state index >= 15 is 0 Å². The van der Waals surface area contributed by atoms with Gasteiger partial charge in [0, 0.05) is 51.1 Å². The molecule has 7 heteroatoms. The molecule has 0 bridgehead atoms. The molecule has 2 aromatic rings. The fourth-order valence-corrected chi connectivity index (χ4v) is 2.55. The molecule has 1 aromatic heterocycles. The second-order valence-corrected chi connectivity index (χ2v) is 6.14. The van der Waals surface area contributed by atoms with E-state index in [1.54, 1.807) is 30.5 Å². The van der Waals surface area contributed by atoms with Gasteiger partial charge in [-0.3, -0.25) is 14.8 Å². The number of carboxylic acid groups (broad SMARTS) is 1. The normalized spacial score (nSPS) is 11.6. The van der Waals surface area contributed by atoms with Crippen molar-refractivity contribution in [1.82, 2.24) is 20.2 Å². The first-order chi connectivity index (χ1) is 12.5.